The molecule has 13 heteroatoms. The molecule has 0 unspecified atom stereocenters. The zero-order chi connectivity index (χ0) is 29.3. The van der Waals surface area contributed by atoms with Crippen LogP contribution in [0, 0.1) is 0 Å². The normalized spacial score (nSPS) is 15.2. The van der Waals surface area contributed by atoms with Crippen molar-refractivity contribution in [1.29, 1.82) is 0 Å². The molecule has 0 aliphatic carbocycles. The Morgan fingerprint density at radius 1 is 1.12 bits per heavy atom. The molecule has 2 aliphatic heterocycles. The summed E-state index contributed by atoms with van der Waals surface area (Å²) in [5.74, 6) is -1.37. The first-order valence-electron chi connectivity index (χ1n) is 12.6. The fourth-order valence-electron chi connectivity index (χ4n) is 4.11. The summed E-state index contributed by atoms with van der Waals surface area (Å²) in [4.78, 5) is 24.8. The Bertz CT molecular complexity index is 1380. The highest BCUT2D eigenvalue weighted by Gasteiger charge is 2.31. The molecular formula is C27H30F3N3O6S. The van der Waals surface area contributed by atoms with Crippen molar-refractivity contribution in [3.8, 4) is 5.75 Å². The number of halogens is 3. The first kappa shape index (κ1) is 31.0. The van der Waals surface area contributed by atoms with E-state index in [-0.39, 0.29) is 10.7 Å². The second-order valence-corrected chi connectivity index (χ2v) is 11.0. The summed E-state index contributed by atoms with van der Waals surface area (Å²) in [6, 6.07) is 14.5. The minimum absolute atomic E-state index is 0.179. The quantitative estimate of drug-likeness (QED) is 0.389. The van der Waals surface area contributed by atoms with Gasteiger partial charge in [-0.25, -0.2) is 13.4 Å². The van der Waals surface area contributed by atoms with Crippen LogP contribution in [0.1, 0.15) is 50.2 Å². The highest BCUT2D eigenvalue weighted by atomic mass is 32.2. The van der Waals surface area contributed by atoms with Crippen LogP contribution < -0.4 is 19.9 Å². The Morgan fingerprint density at radius 2 is 1.82 bits per heavy atom. The number of unbranched alkanes of at least 4 members (excludes halogenated alkanes) is 2. The van der Waals surface area contributed by atoms with Crippen molar-refractivity contribution in [2.75, 3.05) is 6.61 Å². The fourth-order valence-corrected chi connectivity index (χ4v) is 5.40. The van der Waals surface area contributed by atoms with E-state index >= 15 is 0 Å². The number of fused-ring (bicyclic) bond motifs is 1. The fraction of sp³-hybridized carbons (Fsp3) is 0.370. The molecule has 9 nitrogen and oxygen atoms in total. The Kier molecular flexibility index (Phi) is 10.6. The van der Waals surface area contributed by atoms with E-state index in [4.69, 9.17) is 14.6 Å². The number of hydrogen-bond donors (Lipinski definition) is 2. The number of quaternary nitrogens is 1. The average molecular weight is 582 g/mol. The molecule has 0 amide bonds. The molecule has 2 aliphatic rings. The summed E-state index contributed by atoms with van der Waals surface area (Å²) >= 11 is 0. The number of ketones is 1. The molecule has 2 heterocycles. The predicted molar refractivity (Wildman–Crippen MR) is 138 cm³/mol. The van der Waals surface area contributed by atoms with Crippen molar-refractivity contribution in [1.82, 2.24) is 4.72 Å². The lowest BCUT2D eigenvalue weighted by Gasteiger charge is -2.17. The lowest BCUT2D eigenvalue weighted by atomic mass is 10.1. The SMILES string of the molecule is CC(=O)CCCCC[C@H](NS(=O)(=O)c1ccc2c(c1)CCO2)C1=NC=C(c2ccccc2)[NH2+]1.O=C([O-])C(F)(F)F. The van der Waals surface area contributed by atoms with Gasteiger partial charge in [0.15, 0.2) is 5.70 Å². The van der Waals surface area contributed by atoms with Crippen molar-refractivity contribution in [3.05, 3.63) is 65.9 Å². The van der Waals surface area contributed by atoms with E-state index in [1.165, 1.54) is 0 Å². The molecule has 0 saturated carbocycles. The number of nitrogens with zero attached hydrogens (tertiary/aromatic N) is 1. The van der Waals surface area contributed by atoms with Gasteiger partial charge in [-0.2, -0.15) is 17.9 Å². The third-order valence-corrected chi connectivity index (χ3v) is 7.61. The molecule has 2 aromatic rings. The second-order valence-electron chi connectivity index (χ2n) is 9.28. The maximum atomic E-state index is 13.2. The Hall–Kier alpha value is -3.55. The van der Waals surface area contributed by atoms with Crippen molar-refractivity contribution in [2.24, 2.45) is 4.99 Å². The number of rotatable bonds is 11. The van der Waals surface area contributed by atoms with Crippen LogP contribution in [0.15, 0.2) is 64.6 Å². The Labute approximate surface area is 230 Å². The van der Waals surface area contributed by atoms with Gasteiger partial charge in [0.1, 0.15) is 23.5 Å². The van der Waals surface area contributed by atoms with Gasteiger partial charge in [-0.15, -0.1) is 0 Å². The number of nitrogens with two attached hydrogens (primary N) is 1. The van der Waals surface area contributed by atoms with E-state index in [0.717, 1.165) is 41.8 Å². The van der Waals surface area contributed by atoms with Crippen molar-refractivity contribution in [2.45, 2.75) is 62.6 Å². The van der Waals surface area contributed by atoms with E-state index in [9.17, 15) is 26.4 Å². The maximum Gasteiger partial charge on any atom is 0.430 e. The summed E-state index contributed by atoms with van der Waals surface area (Å²) in [7, 11) is -3.74. The number of carbonyl (C=O) groups excluding carboxylic acids is 2. The van der Waals surface area contributed by atoms with Gasteiger partial charge >= 0.3 is 6.18 Å². The van der Waals surface area contributed by atoms with Gasteiger partial charge in [-0.05, 0) is 55.7 Å². The second kappa shape index (κ2) is 13.7. The minimum atomic E-state index is -5.19. The molecule has 4 rings (SSSR count). The van der Waals surface area contributed by atoms with Crippen LogP contribution in [-0.2, 0) is 26.0 Å². The summed E-state index contributed by atoms with van der Waals surface area (Å²) in [6.45, 7) is 2.17. The van der Waals surface area contributed by atoms with Gasteiger partial charge < -0.3 is 19.4 Å². The highest BCUT2D eigenvalue weighted by molar-refractivity contribution is 7.89. The third kappa shape index (κ3) is 9.00. The summed E-state index contributed by atoms with van der Waals surface area (Å²) in [6.07, 6.45) is 0.934. The standard InChI is InChI=1S/C25H29N3O4S.C2HF3O2/c1-18(29)8-4-2-7-11-22(25-26-17-23(27-25)19-9-5-3-6-10-19)28-33(30,31)21-12-13-24-20(16-21)14-15-32-24;3-2(4,5)1(6)7/h3,5-6,9-10,12-13,16-17,22,28H,2,4,7-8,11,14-15H2,1H3,(H,26,27);(H,6,7)/t22-;/m0./s1. The summed E-state index contributed by atoms with van der Waals surface area (Å²) in [5, 5.41) is 10.7. The minimum Gasteiger partial charge on any atom is -0.542 e. The van der Waals surface area contributed by atoms with Crippen molar-refractivity contribution >= 4 is 33.3 Å². The molecule has 0 aromatic heterocycles. The molecule has 40 heavy (non-hydrogen) atoms. The molecular weight excluding hydrogens is 551 g/mol. The van der Waals surface area contributed by atoms with Gasteiger partial charge in [-0.3, -0.25) is 5.32 Å². The van der Waals surface area contributed by atoms with Crippen LogP contribution in [0.2, 0.25) is 0 Å². The molecule has 0 saturated heterocycles. The third-order valence-electron chi connectivity index (χ3n) is 6.14. The lowest BCUT2D eigenvalue weighted by Crippen LogP contribution is -2.87. The average Bonchev–Trinajstić information content (AvgIpc) is 3.57. The largest absolute Gasteiger partial charge is 0.542 e. The van der Waals surface area contributed by atoms with Crippen LogP contribution >= 0.6 is 0 Å². The van der Waals surface area contributed by atoms with Crippen LogP contribution in [0.5, 0.6) is 5.75 Å². The number of carbonyl (C=O) groups is 2. The molecule has 216 valence electrons. The Morgan fingerprint density at radius 3 is 2.48 bits per heavy atom. The molecule has 0 bridgehead atoms. The zero-order valence-corrected chi connectivity index (χ0v) is 22.6. The van der Waals surface area contributed by atoms with Crippen LogP contribution in [0.3, 0.4) is 0 Å². The number of aliphatic imine (C=N–C) groups is 1. The number of benzene rings is 2. The number of ether oxygens (including phenoxy) is 1. The lowest BCUT2D eigenvalue weighted by molar-refractivity contribution is -0.434. The number of carboxylic acids is 1. The molecule has 0 radical (unpaired) electrons. The van der Waals surface area contributed by atoms with Gasteiger partial charge in [0, 0.05) is 18.4 Å². The number of carboxylic acid groups (broad SMARTS) is 1. The molecule has 0 spiro atoms. The number of amidine groups is 1. The van der Waals surface area contributed by atoms with Gasteiger partial charge in [0.2, 0.25) is 15.9 Å². The monoisotopic (exact) mass is 581 g/mol. The van der Waals surface area contributed by atoms with Crippen LogP contribution in [0.4, 0.5) is 13.2 Å². The number of aliphatic carboxylic acids is 1. The molecule has 1 atom stereocenters. The first-order chi connectivity index (χ1) is 18.9. The molecule has 3 N–H and O–H groups in total. The summed E-state index contributed by atoms with van der Waals surface area (Å²) < 4.78 is 66.4. The van der Waals surface area contributed by atoms with Crippen molar-refractivity contribution in [3.63, 3.8) is 0 Å². The number of alkyl halides is 3. The van der Waals surface area contributed by atoms with E-state index in [2.05, 4.69) is 9.71 Å². The first-order valence-corrected chi connectivity index (χ1v) is 14.1. The maximum absolute atomic E-state index is 13.2. The van der Waals surface area contributed by atoms with E-state index in [1.807, 2.05) is 35.6 Å². The summed E-state index contributed by atoms with van der Waals surface area (Å²) in [5.41, 5.74) is 2.91. The number of Topliss-reactive ketones (excluding diaryl/α,β-unsaturated/α-hetero) is 1. The highest BCUT2D eigenvalue weighted by Crippen LogP contribution is 2.28. The number of sulfonamides is 1. The molecule has 2 aromatic carbocycles. The predicted octanol–water partition coefficient (Wildman–Crippen LogP) is 2.08. The topological polar surface area (TPSA) is 142 Å². The smallest absolute Gasteiger partial charge is 0.430 e. The van der Waals surface area contributed by atoms with Crippen LogP contribution in [0.25, 0.3) is 5.70 Å². The van der Waals surface area contributed by atoms with E-state index < -0.39 is 28.2 Å². The van der Waals surface area contributed by atoms with Crippen molar-refractivity contribution < 1.29 is 46.3 Å². The van der Waals surface area contributed by atoms with Gasteiger partial charge in [0.05, 0.1) is 17.7 Å². The van der Waals surface area contributed by atoms with Crippen LogP contribution in [-0.4, -0.2) is 44.8 Å². The van der Waals surface area contributed by atoms with E-state index in [1.54, 1.807) is 31.3 Å². The van der Waals surface area contributed by atoms with E-state index in [0.29, 0.717) is 31.7 Å². The molecule has 0 fully saturated rings. The van der Waals surface area contributed by atoms with Gasteiger partial charge in [0.25, 0.3) is 0 Å². The number of hydrogen-bond acceptors (Lipinski definition) is 7. The number of nitrogens with one attached hydrogen (secondary N) is 1. The Balaban J connectivity index is 0.000000559. The zero-order valence-electron chi connectivity index (χ0n) is 21.7. The van der Waals surface area contributed by atoms with Gasteiger partial charge in [-0.1, -0.05) is 31.0 Å².